The first-order chi connectivity index (χ1) is 16.5. The number of rotatable bonds is 2. The van der Waals surface area contributed by atoms with Gasteiger partial charge in [0.2, 0.25) is 0 Å². The maximum absolute atomic E-state index is 11.8. The molecule has 2 aromatic heterocycles. The topological polar surface area (TPSA) is 127 Å². The number of nitrogen functional groups attached to an aromatic ring is 1. The fourth-order valence-electron chi connectivity index (χ4n) is 4.98. The SMILES string of the molecule is Nc1ncnc2c1c(C#CC1(O)c3ccccc3-c3ccccc31)cn2[C@H]1C[C@H](O)[C@@H](CO)O1. The summed E-state index contributed by atoms with van der Waals surface area (Å²) in [4.78, 5) is 8.49. The third-order valence-electron chi connectivity index (χ3n) is 6.63. The Balaban J connectivity index is 1.50. The van der Waals surface area contributed by atoms with E-state index in [-0.39, 0.29) is 18.8 Å². The summed E-state index contributed by atoms with van der Waals surface area (Å²) in [5.41, 5.74) is 9.09. The van der Waals surface area contributed by atoms with Gasteiger partial charge in [0.05, 0.1) is 23.7 Å². The van der Waals surface area contributed by atoms with Crippen molar-refractivity contribution in [1.82, 2.24) is 14.5 Å². The van der Waals surface area contributed by atoms with Gasteiger partial charge in [-0.15, -0.1) is 0 Å². The van der Waals surface area contributed by atoms with Gasteiger partial charge < -0.3 is 30.4 Å². The normalized spacial score (nSPS) is 22.3. The Kier molecular flexibility index (Phi) is 4.69. The average Bonchev–Trinajstić information content (AvgIpc) is 3.50. The zero-order chi connectivity index (χ0) is 23.4. The van der Waals surface area contributed by atoms with Gasteiger partial charge in [0.1, 0.15) is 30.1 Å². The van der Waals surface area contributed by atoms with Gasteiger partial charge in [0.15, 0.2) is 5.60 Å². The number of hydrogen-bond acceptors (Lipinski definition) is 7. The van der Waals surface area contributed by atoms with Gasteiger partial charge in [0.25, 0.3) is 0 Å². The molecule has 6 rings (SSSR count). The molecule has 1 aliphatic heterocycles. The third kappa shape index (κ3) is 2.96. The van der Waals surface area contributed by atoms with E-state index in [4.69, 9.17) is 10.5 Å². The standard InChI is InChI=1S/C26H22N4O4/c27-24-23-15(12-30(25(23)29-14-28-24)22-11-20(32)21(13-31)34-22)9-10-26(33)18-7-3-1-5-16(18)17-6-2-4-8-19(17)26/h1-8,12,14,20-22,31-33H,11,13H2,(H2,27,28,29)/t20-,21+,22+/m0/s1. The molecule has 0 bridgehead atoms. The Hall–Kier alpha value is -3.74. The van der Waals surface area contributed by atoms with Crippen LogP contribution < -0.4 is 5.73 Å². The van der Waals surface area contributed by atoms with Crippen LogP contribution >= 0.6 is 0 Å². The molecule has 5 N–H and O–H groups in total. The van der Waals surface area contributed by atoms with Gasteiger partial charge in [-0.25, -0.2) is 9.97 Å². The molecule has 0 amide bonds. The lowest BCUT2D eigenvalue weighted by Crippen LogP contribution is -2.24. The van der Waals surface area contributed by atoms with E-state index >= 15 is 0 Å². The van der Waals surface area contributed by atoms with Crippen molar-refractivity contribution >= 4 is 16.9 Å². The zero-order valence-corrected chi connectivity index (χ0v) is 18.1. The second-order valence-corrected chi connectivity index (χ2v) is 8.57. The lowest BCUT2D eigenvalue weighted by molar-refractivity contribution is -0.0430. The largest absolute Gasteiger partial charge is 0.394 e. The van der Waals surface area contributed by atoms with Crippen LogP contribution in [0.25, 0.3) is 22.2 Å². The Morgan fingerprint density at radius 3 is 2.41 bits per heavy atom. The summed E-state index contributed by atoms with van der Waals surface area (Å²) in [7, 11) is 0. The van der Waals surface area contributed by atoms with E-state index in [1.807, 2.05) is 48.5 Å². The minimum Gasteiger partial charge on any atom is -0.394 e. The molecule has 3 atom stereocenters. The van der Waals surface area contributed by atoms with Crippen molar-refractivity contribution in [1.29, 1.82) is 0 Å². The first-order valence-corrected chi connectivity index (χ1v) is 11.0. The van der Waals surface area contributed by atoms with E-state index in [0.717, 1.165) is 22.3 Å². The molecular weight excluding hydrogens is 432 g/mol. The van der Waals surface area contributed by atoms with Crippen molar-refractivity contribution in [2.24, 2.45) is 0 Å². The van der Waals surface area contributed by atoms with Crippen molar-refractivity contribution in [2.75, 3.05) is 12.3 Å². The van der Waals surface area contributed by atoms with Gasteiger partial charge in [0, 0.05) is 23.7 Å². The van der Waals surface area contributed by atoms with E-state index in [1.165, 1.54) is 6.33 Å². The molecule has 1 aliphatic carbocycles. The summed E-state index contributed by atoms with van der Waals surface area (Å²) >= 11 is 0. The molecule has 34 heavy (non-hydrogen) atoms. The van der Waals surface area contributed by atoms with Crippen molar-refractivity contribution in [3.05, 3.63) is 77.7 Å². The van der Waals surface area contributed by atoms with Crippen LogP contribution in [0.4, 0.5) is 5.82 Å². The smallest absolute Gasteiger partial charge is 0.178 e. The highest BCUT2D eigenvalue weighted by atomic mass is 16.5. The number of anilines is 1. The molecule has 1 saturated heterocycles. The molecule has 2 aliphatic rings. The highest BCUT2D eigenvalue weighted by Gasteiger charge is 2.40. The molecule has 170 valence electrons. The fraction of sp³-hybridized carbons (Fsp3) is 0.231. The molecule has 4 aromatic rings. The van der Waals surface area contributed by atoms with Crippen LogP contribution in [0.3, 0.4) is 0 Å². The van der Waals surface area contributed by atoms with Crippen molar-refractivity contribution < 1.29 is 20.1 Å². The van der Waals surface area contributed by atoms with E-state index in [9.17, 15) is 15.3 Å². The third-order valence-corrected chi connectivity index (χ3v) is 6.63. The van der Waals surface area contributed by atoms with Crippen LogP contribution in [0.2, 0.25) is 0 Å². The summed E-state index contributed by atoms with van der Waals surface area (Å²) in [6, 6.07) is 15.4. The highest BCUT2D eigenvalue weighted by Crippen LogP contribution is 2.47. The summed E-state index contributed by atoms with van der Waals surface area (Å²) in [5.74, 6) is 6.47. The molecular formula is C26H22N4O4. The predicted molar refractivity (Wildman–Crippen MR) is 125 cm³/mol. The van der Waals surface area contributed by atoms with Crippen LogP contribution in [-0.2, 0) is 10.3 Å². The first-order valence-electron chi connectivity index (χ1n) is 11.0. The number of fused-ring (bicyclic) bond motifs is 4. The van der Waals surface area contributed by atoms with Gasteiger partial charge in [-0.1, -0.05) is 60.4 Å². The van der Waals surface area contributed by atoms with Gasteiger partial charge >= 0.3 is 0 Å². The molecule has 8 heteroatoms. The molecule has 3 heterocycles. The maximum atomic E-state index is 11.8. The number of ether oxygens (including phenoxy) is 1. The molecule has 8 nitrogen and oxygen atoms in total. The lowest BCUT2D eigenvalue weighted by atomic mass is 9.92. The highest BCUT2D eigenvalue weighted by molar-refractivity contribution is 5.92. The quantitative estimate of drug-likeness (QED) is 0.341. The predicted octanol–water partition coefficient (Wildman–Crippen LogP) is 1.92. The summed E-state index contributed by atoms with van der Waals surface area (Å²) < 4.78 is 7.57. The summed E-state index contributed by atoms with van der Waals surface area (Å²) in [6.07, 6.45) is 1.37. The molecule has 1 fully saturated rings. The molecule has 0 unspecified atom stereocenters. The van der Waals surface area contributed by atoms with E-state index in [2.05, 4.69) is 21.8 Å². The minimum absolute atomic E-state index is 0.254. The lowest BCUT2D eigenvalue weighted by Gasteiger charge is -2.18. The first kappa shape index (κ1) is 20.8. The Morgan fingerprint density at radius 1 is 1.09 bits per heavy atom. The number of nitrogens with zero attached hydrogens (tertiary/aromatic N) is 3. The van der Waals surface area contributed by atoms with Crippen LogP contribution in [0.15, 0.2) is 61.1 Å². The number of nitrogens with two attached hydrogens (primary N) is 1. The van der Waals surface area contributed by atoms with Crippen LogP contribution in [-0.4, -0.2) is 48.7 Å². The average molecular weight is 454 g/mol. The van der Waals surface area contributed by atoms with E-state index in [1.54, 1.807) is 10.8 Å². The molecule has 0 spiro atoms. The Morgan fingerprint density at radius 2 is 1.76 bits per heavy atom. The Bertz CT molecular complexity index is 1440. The van der Waals surface area contributed by atoms with Crippen molar-refractivity contribution in [3.63, 3.8) is 0 Å². The van der Waals surface area contributed by atoms with Crippen LogP contribution in [0, 0.1) is 11.8 Å². The number of hydrogen-bond donors (Lipinski definition) is 4. The molecule has 0 radical (unpaired) electrons. The second-order valence-electron chi connectivity index (χ2n) is 8.57. The van der Waals surface area contributed by atoms with Crippen LogP contribution in [0.5, 0.6) is 0 Å². The summed E-state index contributed by atoms with van der Waals surface area (Å²) in [5, 5.41) is 32.0. The minimum atomic E-state index is -1.49. The number of aliphatic hydroxyl groups is 3. The van der Waals surface area contributed by atoms with E-state index in [0.29, 0.717) is 16.6 Å². The monoisotopic (exact) mass is 454 g/mol. The molecule has 2 aromatic carbocycles. The Labute approximate surface area is 195 Å². The van der Waals surface area contributed by atoms with Crippen LogP contribution in [0.1, 0.15) is 29.3 Å². The van der Waals surface area contributed by atoms with Gasteiger partial charge in [-0.05, 0) is 11.1 Å². The van der Waals surface area contributed by atoms with Crippen molar-refractivity contribution in [2.45, 2.75) is 30.5 Å². The van der Waals surface area contributed by atoms with E-state index < -0.39 is 24.0 Å². The number of aromatic nitrogens is 3. The number of aliphatic hydroxyl groups excluding tert-OH is 2. The maximum Gasteiger partial charge on any atom is 0.178 e. The molecule has 0 saturated carbocycles. The summed E-state index contributed by atoms with van der Waals surface area (Å²) in [6.45, 7) is -0.285. The fourth-order valence-corrected chi connectivity index (χ4v) is 4.98. The van der Waals surface area contributed by atoms with Gasteiger partial charge in [-0.3, -0.25) is 0 Å². The number of benzene rings is 2. The van der Waals surface area contributed by atoms with Crippen molar-refractivity contribution in [3.8, 4) is 23.0 Å². The zero-order valence-electron chi connectivity index (χ0n) is 18.1. The second kappa shape index (κ2) is 7.65. The van der Waals surface area contributed by atoms with Gasteiger partial charge in [-0.2, -0.15) is 0 Å².